The van der Waals surface area contributed by atoms with E-state index >= 15 is 0 Å². The summed E-state index contributed by atoms with van der Waals surface area (Å²) in [4.78, 5) is 0. The summed E-state index contributed by atoms with van der Waals surface area (Å²) in [6.45, 7) is 0. The number of nitrogen functional groups attached to an aromatic ring is 1. The fraction of sp³-hybridized carbons (Fsp3) is 0.0625. The van der Waals surface area contributed by atoms with E-state index in [9.17, 15) is 13.2 Å². The second kappa shape index (κ2) is 5.22. The highest BCUT2D eigenvalue weighted by Crippen LogP contribution is 2.32. The lowest BCUT2D eigenvalue weighted by Crippen LogP contribution is -2.03. The minimum absolute atomic E-state index is 0.403. The van der Waals surface area contributed by atoms with Gasteiger partial charge in [-0.1, -0.05) is 29.4 Å². The molecule has 0 radical (unpaired) electrons. The molecule has 3 nitrogen and oxygen atoms in total. The minimum Gasteiger partial charge on any atom is -0.399 e. The number of hydrogen-bond acceptors (Lipinski definition) is 3. The van der Waals surface area contributed by atoms with E-state index in [1.54, 1.807) is 30.3 Å². The molecule has 2 aromatic carbocycles. The van der Waals surface area contributed by atoms with Crippen LogP contribution < -0.4 is 5.73 Å². The van der Waals surface area contributed by atoms with Crippen LogP contribution in [0.5, 0.6) is 0 Å². The zero-order valence-electron chi connectivity index (χ0n) is 11.3. The summed E-state index contributed by atoms with van der Waals surface area (Å²) in [6.07, 6.45) is -4.35. The first-order chi connectivity index (χ1) is 10.4. The molecule has 0 aliphatic carbocycles. The van der Waals surface area contributed by atoms with Gasteiger partial charge in [-0.15, -0.1) is 0 Å². The van der Waals surface area contributed by atoms with Gasteiger partial charge in [-0.2, -0.15) is 13.2 Å². The second-order valence-corrected chi connectivity index (χ2v) is 4.77. The summed E-state index contributed by atoms with van der Waals surface area (Å²) in [6, 6.07) is 13.5. The number of nitrogens with zero attached hydrogens (tertiary/aromatic N) is 1. The van der Waals surface area contributed by atoms with Gasteiger partial charge >= 0.3 is 6.18 Å². The van der Waals surface area contributed by atoms with Gasteiger partial charge in [-0.25, -0.2) is 0 Å². The van der Waals surface area contributed by atoms with E-state index in [4.69, 9.17) is 10.3 Å². The van der Waals surface area contributed by atoms with Crippen LogP contribution in [0.3, 0.4) is 0 Å². The molecule has 0 atom stereocenters. The van der Waals surface area contributed by atoms with Gasteiger partial charge in [0.2, 0.25) is 0 Å². The number of rotatable bonds is 2. The third kappa shape index (κ3) is 2.81. The van der Waals surface area contributed by atoms with Crippen LogP contribution in [0.25, 0.3) is 22.6 Å². The fourth-order valence-electron chi connectivity index (χ4n) is 2.02. The van der Waals surface area contributed by atoms with Gasteiger partial charge in [0.05, 0.1) is 5.56 Å². The molecule has 112 valence electrons. The van der Waals surface area contributed by atoms with Gasteiger partial charge in [0, 0.05) is 22.9 Å². The van der Waals surface area contributed by atoms with Gasteiger partial charge in [0.15, 0.2) is 5.76 Å². The third-order valence-electron chi connectivity index (χ3n) is 3.21. The van der Waals surface area contributed by atoms with Gasteiger partial charge < -0.3 is 10.3 Å². The number of aromatic nitrogens is 1. The van der Waals surface area contributed by atoms with Crippen LogP contribution in [-0.4, -0.2) is 5.16 Å². The number of halogens is 3. The molecular weight excluding hydrogens is 293 g/mol. The Morgan fingerprint density at radius 3 is 2.05 bits per heavy atom. The molecule has 0 bridgehead atoms. The molecule has 0 aliphatic heterocycles. The van der Waals surface area contributed by atoms with E-state index in [0.717, 1.165) is 17.7 Å². The first kappa shape index (κ1) is 14.2. The Morgan fingerprint density at radius 2 is 1.45 bits per heavy atom. The summed E-state index contributed by atoms with van der Waals surface area (Å²) >= 11 is 0. The van der Waals surface area contributed by atoms with Crippen molar-refractivity contribution in [1.82, 2.24) is 5.16 Å². The SMILES string of the molecule is Nc1ccc(-c2cc(-c3ccc(C(F)(F)F)cc3)on2)cc1. The average molecular weight is 304 g/mol. The number of nitrogens with two attached hydrogens (primary N) is 1. The highest BCUT2D eigenvalue weighted by Gasteiger charge is 2.30. The van der Waals surface area contributed by atoms with E-state index < -0.39 is 11.7 Å². The molecule has 0 saturated carbocycles. The molecule has 0 spiro atoms. The van der Waals surface area contributed by atoms with Crippen LogP contribution >= 0.6 is 0 Å². The molecule has 0 aliphatic rings. The van der Waals surface area contributed by atoms with Crippen LogP contribution in [0.2, 0.25) is 0 Å². The van der Waals surface area contributed by atoms with Crippen molar-refractivity contribution in [2.24, 2.45) is 0 Å². The molecule has 2 N–H and O–H groups in total. The van der Waals surface area contributed by atoms with Crippen molar-refractivity contribution in [2.45, 2.75) is 6.18 Å². The van der Waals surface area contributed by atoms with Crippen molar-refractivity contribution in [3.05, 3.63) is 60.2 Å². The van der Waals surface area contributed by atoms with E-state index in [1.165, 1.54) is 12.1 Å². The Balaban J connectivity index is 1.89. The lowest BCUT2D eigenvalue weighted by Gasteiger charge is -2.06. The van der Waals surface area contributed by atoms with Gasteiger partial charge in [-0.3, -0.25) is 0 Å². The number of benzene rings is 2. The van der Waals surface area contributed by atoms with E-state index in [1.807, 2.05) is 0 Å². The normalized spacial score (nSPS) is 11.6. The lowest BCUT2D eigenvalue weighted by atomic mass is 10.1. The number of hydrogen-bond donors (Lipinski definition) is 1. The summed E-state index contributed by atoms with van der Waals surface area (Å²) in [5.41, 5.74) is 7.49. The Labute approximate surface area is 124 Å². The fourth-order valence-corrected chi connectivity index (χ4v) is 2.02. The molecule has 3 aromatic rings. The summed E-state index contributed by atoms with van der Waals surface area (Å²) in [5.74, 6) is 0.403. The molecule has 0 fully saturated rings. The van der Waals surface area contributed by atoms with E-state index in [0.29, 0.717) is 22.7 Å². The largest absolute Gasteiger partial charge is 0.416 e. The lowest BCUT2D eigenvalue weighted by molar-refractivity contribution is -0.137. The van der Waals surface area contributed by atoms with Gasteiger partial charge in [-0.05, 0) is 24.3 Å². The average Bonchev–Trinajstić information content (AvgIpc) is 2.97. The van der Waals surface area contributed by atoms with Crippen LogP contribution in [0.15, 0.2) is 59.1 Å². The smallest absolute Gasteiger partial charge is 0.399 e. The summed E-state index contributed by atoms with van der Waals surface area (Å²) in [5, 5.41) is 3.93. The number of anilines is 1. The minimum atomic E-state index is -4.35. The first-order valence-electron chi connectivity index (χ1n) is 6.44. The predicted octanol–water partition coefficient (Wildman–Crippen LogP) is 4.61. The molecule has 0 saturated heterocycles. The Kier molecular flexibility index (Phi) is 3.36. The zero-order valence-corrected chi connectivity index (χ0v) is 11.3. The van der Waals surface area contributed by atoms with Crippen molar-refractivity contribution in [1.29, 1.82) is 0 Å². The van der Waals surface area contributed by atoms with Crippen molar-refractivity contribution < 1.29 is 17.7 Å². The van der Waals surface area contributed by atoms with Crippen molar-refractivity contribution in [3.63, 3.8) is 0 Å². The molecule has 0 amide bonds. The highest BCUT2D eigenvalue weighted by atomic mass is 19.4. The number of alkyl halides is 3. The Bertz CT molecular complexity index is 774. The van der Waals surface area contributed by atoms with Crippen molar-refractivity contribution >= 4 is 5.69 Å². The molecule has 1 aromatic heterocycles. The maximum atomic E-state index is 12.5. The molecule has 22 heavy (non-hydrogen) atoms. The summed E-state index contributed by atoms with van der Waals surface area (Å²) in [7, 11) is 0. The Morgan fingerprint density at radius 1 is 0.864 bits per heavy atom. The van der Waals surface area contributed by atoms with Crippen molar-refractivity contribution in [2.75, 3.05) is 5.73 Å². The monoisotopic (exact) mass is 304 g/mol. The maximum Gasteiger partial charge on any atom is 0.416 e. The quantitative estimate of drug-likeness (QED) is 0.703. The molecule has 1 heterocycles. The van der Waals surface area contributed by atoms with Crippen LogP contribution in [-0.2, 0) is 6.18 Å². The van der Waals surface area contributed by atoms with Gasteiger partial charge in [0.25, 0.3) is 0 Å². The standard InChI is InChI=1S/C16H11F3N2O/c17-16(18,19)12-5-1-11(2-6-12)15-9-14(21-22-15)10-3-7-13(20)8-4-10/h1-9H,20H2. The maximum absolute atomic E-state index is 12.5. The topological polar surface area (TPSA) is 52.0 Å². The molecular formula is C16H11F3N2O. The van der Waals surface area contributed by atoms with Crippen molar-refractivity contribution in [3.8, 4) is 22.6 Å². The van der Waals surface area contributed by atoms with E-state index in [2.05, 4.69) is 5.16 Å². The molecule has 6 heteroatoms. The zero-order chi connectivity index (χ0) is 15.7. The third-order valence-corrected chi connectivity index (χ3v) is 3.21. The van der Waals surface area contributed by atoms with Crippen LogP contribution in [0.4, 0.5) is 18.9 Å². The van der Waals surface area contributed by atoms with Crippen LogP contribution in [0, 0.1) is 0 Å². The summed E-state index contributed by atoms with van der Waals surface area (Å²) < 4.78 is 42.8. The molecule has 3 rings (SSSR count). The van der Waals surface area contributed by atoms with Crippen LogP contribution in [0.1, 0.15) is 5.56 Å². The van der Waals surface area contributed by atoms with Gasteiger partial charge in [0.1, 0.15) is 5.69 Å². The Hall–Kier alpha value is -2.76. The second-order valence-electron chi connectivity index (χ2n) is 4.77. The highest BCUT2D eigenvalue weighted by molar-refractivity contribution is 5.67. The first-order valence-corrected chi connectivity index (χ1v) is 6.44. The predicted molar refractivity (Wildman–Crippen MR) is 76.8 cm³/mol. The van der Waals surface area contributed by atoms with E-state index in [-0.39, 0.29) is 0 Å². The molecule has 0 unspecified atom stereocenters.